The maximum Gasteiger partial charge on any atom is 0.337 e. The molecule has 1 aromatic carbocycles. The van der Waals surface area contributed by atoms with Crippen molar-refractivity contribution in [3.63, 3.8) is 0 Å². The van der Waals surface area contributed by atoms with E-state index < -0.39 is 5.97 Å². The number of rotatable bonds is 7. The van der Waals surface area contributed by atoms with Crippen molar-refractivity contribution < 1.29 is 9.53 Å². The number of aromatic nitrogens is 3. The molecule has 0 bridgehead atoms. The zero-order chi connectivity index (χ0) is 19.1. The standard InChI is InChI=1S/C19H22ClN5O2/c1-27-18(26)14-7-8-15(20)16(11-14)23-17-12-22-25-19(24-17)21-10-9-13-5-3-2-4-6-13/h5,7-8,11-12H,2-4,6,9-10H2,1H3,(H2,21,23,24,25). The predicted molar refractivity (Wildman–Crippen MR) is 106 cm³/mol. The van der Waals surface area contributed by atoms with Crippen molar-refractivity contribution >= 4 is 35.0 Å². The van der Waals surface area contributed by atoms with Gasteiger partial charge in [-0.05, 0) is 50.3 Å². The van der Waals surface area contributed by atoms with Gasteiger partial charge in [-0.1, -0.05) is 23.3 Å². The molecule has 1 aliphatic carbocycles. The van der Waals surface area contributed by atoms with Crippen molar-refractivity contribution in [2.75, 3.05) is 24.3 Å². The average molecular weight is 388 g/mol. The number of nitrogens with one attached hydrogen (secondary N) is 2. The van der Waals surface area contributed by atoms with Crippen molar-refractivity contribution in [1.29, 1.82) is 0 Å². The molecular weight excluding hydrogens is 366 g/mol. The molecule has 0 aliphatic heterocycles. The first-order chi connectivity index (χ1) is 13.2. The molecule has 8 heteroatoms. The Morgan fingerprint density at radius 3 is 3.00 bits per heavy atom. The first kappa shape index (κ1) is 19.1. The predicted octanol–water partition coefficient (Wildman–Crippen LogP) is 4.36. The van der Waals surface area contributed by atoms with Crippen LogP contribution >= 0.6 is 11.6 Å². The summed E-state index contributed by atoms with van der Waals surface area (Å²) in [6, 6.07) is 4.84. The number of carbonyl (C=O) groups is 1. The molecule has 0 radical (unpaired) electrons. The summed E-state index contributed by atoms with van der Waals surface area (Å²) in [6.07, 6.45) is 9.73. The molecule has 27 heavy (non-hydrogen) atoms. The molecule has 1 aromatic heterocycles. The van der Waals surface area contributed by atoms with Crippen LogP contribution in [0.3, 0.4) is 0 Å². The molecule has 0 saturated heterocycles. The number of carbonyl (C=O) groups excluding carboxylic acids is 1. The highest BCUT2D eigenvalue weighted by Crippen LogP contribution is 2.26. The van der Waals surface area contributed by atoms with Crippen molar-refractivity contribution in [2.24, 2.45) is 0 Å². The first-order valence-corrected chi connectivity index (χ1v) is 9.30. The molecule has 3 rings (SSSR count). The summed E-state index contributed by atoms with van der Waals surface area (Å²) in [6.45, 7) is 0.759. The van der Waals surface area contributed by atoms with Gasteiger partial charge in [0.15, 0.2) is 5.82 Å². The minimum absolute atomic E-state index is 0.394. The average Bonchev–Trinajstić information content (AvgIpc) is 2.70. The lowest BCUT2D eigenvalue weighted by molar-refractivity contribution is 0.0601. The monoisotopic (exact) mass is 387 g/mol. The van der Waals surface area contributed by atoms with Crippen LogP contribution in [0.5, 0.6) is 0 Å². The number of benzene rings is 1. The van der Waals surface area contributed by atoms with E-state index in [-0.39, 0.29) is 0 Å². The summed E-state index contributed by atoms with van der Waals surface area (Å²) in [5, 5.41) is 14.7. The van der Waals surface area contributed by atoms with Gasteiger partial charge in [-0.3, -0.25) is 0 Å². The molecule has 2 N–H and O–H groups in total. The highest BCUT2D eigenvalue weighted by atomic mass is 35.5. The van der Waals surface area contributed by atoms with E-state index in [1.165, 1.54) is 44.6 Å². The highest BCUT2D eigenvalue weighted by molar-refractivity contribution is 6.33. The van der Waals surface area contributed by atoms with Crippen LogP contribution in [0.25, 0.3) is 0 Å². The van der Waals surface area contributed by atoms with Gasteiger partial charge < -0.3 is 15.4 Å². The second kappa shape index (κ2) is 9.32. The fourth-order valence-electron chi connectivity index (χ4n) is 2.91. The van der Waals surface area contributed by atoms with Crippen LogP contribution < -0.4 is 10.6 Å². The molecule has 0 unspecified atom stereocenters. The number of anilines is 3. The van der Waals surface area contributed by atoms with E-state index in [4.69, 9.17) is 16.3 Å². The smallest absolute Gasteiger partial charge is 0.337 e. The summed E-state index contributed by atoms with van der Waals surface area (Å²) in [7, 11) is 1.33. The molecule has 0 fully saturated rings. The van der Waals surface area contributed by atoms with Gasteiger partial charge in [0.05, 0.1) is 29.6 Å². The molecule has 0 amide bonds. The normalized spacial score (nSPS) is 13.6. The van der Waals surface area contributed by atoms with Gasteiger partial charge in [-0.25, -0.2) is 4.79 Å². The third kappa shape index (κ3) is 5.40. The maximum absolute atomic E-state index is 11.7. The Bertz CT molecular complexity index is 841. The Kier molecular flexibility index (Phi) is 6.59. The van der Waals surface area contributed by atoms with E-state index in [0.717, 1.165) is 13.0 Å². The number of methoxy groups -OCH3 is 1. The van der Waals surface area contributed by atoms with E-state index in [1.54, 1.807) is 18.2 Å². The summed E-state index contributed by atoms with van der Waals surface area (Å²) < 4.78 is 4.73. The molecule has 7 nitrogen and oxygen atoms in total. The quantitative estimate of drug-likeness (QED) is 0.539. The highest BCUT2D eigenvalue weighted by Gasteiger charge is 2.10. The molecule has 142 valence electrons. The van der Waals surface area contributed by atoms with Gasteiger partial charge in [-0.15, -0.1) is 5.10 Å². The fourth-order valence-corrected chi connectivity index (χ4v) is 3.07. The number of halogens is 1. The molecular formula is C19H22ClN5O2. The van der Waals surface area contributed by atoms with Crippen LogP contribution in [0, 0.1) is 0 Å². The minimum atomic E-state index is -0.435. The molecule has 0 saturated carbocycles. The number of esters is 1. The largest absolute Gasteiger partial charge is 0.465 e. The van der Waals surface area contributed by atoms with E-state index in [2.05, 4.69) is 31.9 Å². The van der Waals surface area contributed by atoms with Gasteiger partial charge in [0.1, 0.15) is 0 Å². The number of hydrogen-bond donors (Lipinski definition) is 2. The third-order valence-corrected chi connectivity index (χ3v) is 4.65. The summed E-state index contributed by atoms with van der Waals surface area (Å²) in [5.41, 5.74) is 2.42. The minimum Gasteiger partial charge on any atom is -0.465 e. The topological polar surface area (TPSA) is 89.0 Å². The molecule has 0 spiro atoms. The number of nitrogens with zero attached hydrogens (tertiary/aromatic N) is 3. The van der Waals surface area contributed by atoms with Crippen molar-refractivity contribution in [3.05, 3.63) is 46.6 Å². The van der Waals surface area contributed by atoms with Crippen LogP contribution in [0.4, 0.5) is 17.5 Å². The lowest BCUT2D eigenvalue weighted by Crippen LogP contribution is -2.09. The lowest BCUT2D eigenvalue weighted by atomic mass is 9.97. The van der Waals surface area contributed by atoms with Gasteiger partial charge in [0.25, 0.3) is 0 Å². The van der Waals surface area contributed by atoms with Gasteiger partial charge in [-0.2, -0.15) is 10.1 Å². The Balaban J connectivity index is 1.63. The Hall–Kier alpha value is -2.67. The van der Waals surface area contributed by atoms with Crippen LogP contribution in [-0.4, -0.2) is 34.8 Å². The van der Waals surface area contributed by atoms with Crippen LogP contribution in [0.1, 0.15) is 42.5 Å². The zero-order valence-corrected chi connectivity index (χ0v) is 15.9. The van der Waals surface area contributed by atoms with Crippen LogP contribution in [-0.2, 0) is 4.74 Å². The van der Waals surface area contributed by atoms with Crippen LogP contribution in [0.15, 0.2) is 36.0 Å². The van der Waals surface area contributed by atoms with Crippen molar-refractivity contribution in [3.8, 4) is 0 Å². The lowest BCUT2D eigenvalue weighted by Gasteiger charge is -2.13. The van der Waals surface area contributed by atoms with Crippen molar-refractivity contribution in [2.45, 2.75) is 32.1 Å². The van der Waals surface area contributed by atoms with Crippen molar-refractivity contribution in [1.82, 2.24) is 15.2 Å². The zero-order valence-electron chi connectivity index (χ0n) is 15.2. The Labute approximate surface area is 163 Å². The first-order valence-electron chi connectivity index (χ1n) is 8.92. The summed E-state index contributed by atoms with van der Waals surface area (Å²) in [5.74, 6) is 0.486. The second-order valence-electron chi connectivity index (χ2n) is 6.26. The summed E-state index contributed by atoms with van der Waals surface area (Å²) >= 11 is 6.20. The van der Waals surface area contributed by atoms with Crippen LogP contribution in [0.2, 0.25) is 5.02 Å². The Morgan fingerprint density at radius 2 is 2.22 bits per heavy atom. The number of allylic oxidation sites excluding steroid dienone is 1. The van der Waals surface area contributed by atoms with Gasteiger partial charge in [0, 0.05) is 6.54 Å². The molecule has 2 aromatic rings. The van der Waals surface area contributed by atoms with E-state index in [1.807, 2.05) is 0 Å². The maximum atomic E-state index is 11.7. The third-order valence-electron chi connectivity index (χ3n) is 4.32. The molecule has 0 atom stereocenters. The van der Waals surface area contributed by atoms with Gasteiger partial charge >= 0.3 is 5.97 Å². The number of hydrogen-bond acceptors (Lipinski definition) is 7. The SMILES string of the molecule is COC(=O)c1ccc(Cl)c(Nc2cnnc(NCCC3=CCCCC3)n2)c1. The van der Waals surface area contributed by atoms with E-state index in [0.29, 0.717) is 28.0 Å². The summed E-state index contributed by atoms with van der Waals surface area (Å²) in [4.78, 5) is 16.1. The van der Waals surface area contributed by atoms with E-state index in [9.17, 15) is 4.79 Å². The van der Waals surface area contributed by atoms with Gasteiger partial charge in [0.2, 0.25) is 5.95 Å². The molecule has 1 aliphatic rings. The fraction of sp³-hybridized carbons (Fsp3) is 0.368. The number of ether oxygens (including phenoxy) is 1. The van der Waals surface area contributed by atoms with E-state index >= 15 is 0 Å². The second-order valence-corrected chi connectivity index (χ2v) is 6.67. The Morgan fingerprint density at radius 1 is 1.33 bits per heavy atom. The molecule has 1 heterocycles.